The van der Waals surface area contributed by atoms with Crippen LogP contribution in [0.2, 0.25) is 0 Å². The van der Waals surface area contributed by atoms with Gasteiger partial charge < -0.3 is 9.14 Å². The van der Waals surface area contributed by atoms with Crippen LogP contribution in [-0.2, 0) is 16.4 Å². The second-order valence-corrected chi connectivity index (χ2v) is 8.72. The zero-order valence-electron chi connectivity index (χ0n) is 17.1. The Morgan fingerprint density at radius 1 is 1.10 bits per heavy atom. The van der Waals surface area contributed by atoms with Crippen molar-refractivity contribution in [2.24, 2.45) is 0 Å². The standard InChI is InChI=1S/C23H23N3O3S/c1-4-17-10-11-21(29-3)22(13-17)30(27,28)25-19-9-5-8-18(14-19)20-15-26-12-6-7-16(2)23(26)24-20/h5-15,25H,4H2,1-3H3. The maximum absolute atomic E-state index is 13.1. The van der Waals surface area contributed by atoms with E-state index in [1.807, 2.05) is 61.0 Å². The number of methoxy groups -OCH3 is 1. The van der Waals surface area contributed by atoms with Crippen LogP contribution in [0, 0.1) is 6.92 Å². The third-order valence-electron chi connectivity index (χ3n) is 5.01. The number of aromatic nitrogens is 2. The van der Waals surface area contributed by atoms with Gasteiger partial charge in [-0.05, 0) is 54.8 Å². The minimum absolute atomic E-state index is 0.123. The van der Waals surface area contributed by atoms with Gasteiger partial charge in [0.1, 0.15) is 16.3 Å². The van der Waals surface area contributed by atoms with Crippen molar-refractivity contribution in [3.63, 3.8) is 0 Å². The molecule has 0 aliphatic heterocycles. The number of pyridine rings is 1. The predicted octanol–water partition coefficient (Wildman–Crippen LogP) is 4.68. The summed E-state index contributed by atoms with van der Waals surface area (Å²) in [6.07, 6.45) is 4.61. The molecule has 154 valence electrons. The lowest BCUT2D eigenvalue weighted by molar-refractivity contribution is 0.402. The molecular weight excluding hydrogens is 398 g/mol. The number of hydrogen-bond donors (Lipinski definition) is 1. The van der Waals surface area contributed by atoms with Gasteiger partial charge in [-0.25, -0.2) is 13.4 Å². The Balaban J connectivity index is 1.70. The molecular formula is C23H23N3O3S. The number of benzene rings is 2. The number of sulfonamides is 1. The van der Waals surface area contributed by atoms with Gasteiger partial charge in [0, 0.05) is 23.6 Å². The van der Waals surface area contributed by atoms with Crippen LogP contribution < -0.4 is 9.46 Å². The summed E-state index contributed by atoms with van der Waals surface area (Å²) < 4.78 is 36.1. The molecule has 0 spiro atoms. The first-order valence-corrected chi connectivity index (χ1v) is 11.1. The summed E-state index contributed by atoms with van der Waals surface area (Å²) in [4.78, 5) is 4.82. The number of fused-ring (bicyclic) bond motifs is 1. The molecule has 0 saturated heterocycles. The largest absolute Gasteiger partial charge is 0.495 e. The van der Waals surface area contributed by atoms with Crippen LogP contribution in [0.1, 0.15) is 18.1 Å². The Morgan fingerprint density at radius 3 is 2.67 bits per heavy atom. The van der Waals surface area contributed by atoms with Crippen molar-refractivity contribution in [3.05, 3.63) is 78.1 Å². The smallest absolute Gasteiger partial charge is 0.265 e. The van der Waals surface area contributed by atoms with Crippen molar-refractivity contribution in [1.82, 2.24) is 9.38 Å². The van der Waals surface area contributed by atoms with Crippen molar-refractivity contribution in [2.75, 3.05) is 11.8 Å². The van der Waals surface area contributed by atoms with E-state index < -0.39 is 10.0 Å². The van der Waals surface area contributed by atoms with Crippen molar-refractivity contribution < 1.29 is 13.2 Å². The number of anilines is 1. The second kappa shape index (κ2) is 7.84. The van der Waals surface area contributed by atoms with Gasteiger partial charge in [0.15, 0.2) is 0 Å². The molecule has 0 bridgehead atoms. The number of aryl methyl sites for hydroxylation is 2. The molecule has 2 heterocycles. The zero-order chi connectivity index (χ0) is 21.3. The van der Waals surface area contributed by atoms with Gasteiger partial charge in [-0.2, -0.15) is 0 Å². The summed E-state index contributed by atoms with van der Waals surface area (Å²) in [6, 6.07) is 16.4. The first-order chi connectivity index (χ1) is 14.4. The van der Waals surface area contributed by atoms with Crippen LogP contribution >= 0.6 is 0 Å². The molecule has 4 aromatic rings. The molecule has 0 aliphatic carbocycles. The number of nitrogens with one attached hydrogen (secondary N) is 1. The zero-order valence-corrected chi connectivity index (χ0v) is 17.9. The highest BCUT2D eigenvalue weighted by Gasteiger charge is 2.20. The van der Waals surface area contributed by atoms with E-state index in [1.165, 1.54) is 7.11 Å². The van der Waals surface area contributed by atoms with Crippen molar-refractivity contribution in [3.8, 4) is 17.0 Å². The maximum atomic E-state index is 13.1. The molecule has 0 aliphatic rings. The molecule has 2 aromatic heterocycles. The van der Waals surface area contributed by atoms with E-state index >= 15 is 0 Å². The van der Waals surface area contributed by atoms with Crippen LogP contribution in [0.25, 0.3) is 16.9 Å². The fourth-order valence-electron chi connectivity index (χ4n) is 3.40. The Labute approximate surface area is 176 Å². The third-order valence-corrected chi connectivity index (χ3v) is 6.42. The fourth-order valence-corrected chi connectivity index (χ4v) is 4.67. The summed E-state index contributed by atoms with van der Waals surface area (Å²) in [6.45, 7) is 3.99. The van der Waals surface area contributed by atoms with E-state index in [0.29, 0.717) is 11.4 Å². The topological polar surface area (TPSA) is 72.7 Å². The summed E-state index contributed by atoms with van der Waals surface area (Å²) in [5.74, 6) is 0.312. The third kappa shape index (κ3) is 3.76. The molecule has 0 saturated carbocycles. The average molecular weight is 422 g/mol. The highest BCUT2D eigenvalue weighted by molar-refractivity contribution is 7.92. The van der Waals surface area contributed by atoms with Crippen LogP contribution in [0.4, 0.5) is 5.69 Å². The van der Waals surface area contributed by atoms with Crippen LogP contribution in [0.15, 0.2) is 71.9 Å². The van der Waals surface area contributed by atoms with E-state index in [-0.39, 0.29) is 4.90 Å². The summed E-state index contributed by atoms with van der Waals surface area (Å²) >= 11 is 0. The number of nitrogens with zero attached hydrogens (tertiary/aromatic N) is 2. The summed E-state index contributed by atoms with van der Waals surface area (Å²) in [5, 5.41) is 0. The van der Waals surface area contributed by atoms with E-state index in [4.69, 9.17) is 9.72 Å². The molecule has 0 amide bonds. The molecule has 0 unspecified atom stereocenters. The Bertz CT molecular complexity index is 1330. The monoisotopic (exact) mass is 421 g/mol. The molecule has 0 atom stereocenters. The Kier molecular flexibility index (Phi) is 5.22. The van der Waals surface area contributed by atoms with Gasteiger partial charge in [-0.3, -0.25) is 4.72 Å². The lowest BCUT2D eigenvalue weighted by Gasteiger charge is -2.13. The van der Waals surface area contributed by atoms with Crippen molar-refractivity contribution >= 4 is 21.4 Å². The van der Waals surface area contributed by atoms with Crippen molar-refractivity contribution in [2.45, 2.75) is 25.2 Å². The van der Waals surface area contributed by atoms with Gasteiger partial charge in [-0.1, -0.05) is 31.2 Å². The van der Waals surface area contributed by atoms with Gasteiger partial charge in [0.05, 0.1) is 12.8 Å². The number of rotatable bonds is 6. The molecule has 6 nitrogen and oxygen atoms in total. The normalized spacial score (nSPS) is 11.6. The van der Waals surface area contributed by atoms with Gasteiger partial charge in [-0.15, -0.1) is 0 Å². The number of hydrogen-bond acceptors (Lipinski definition) is 4. The molecule has 4 rings (SSSR count). The molecule has 2 aromatic carbocycles. The minimum Gasteiger partial charge on any atom is -0.495 e. The molecule has 0 fully saturated rings. The van der Waals surface area contributed by atoms with Gasteiger partial charge in [0.25, 0.3) is 10.0 Å². The first-order valence-electron chi connectivity index (χ1n) is 9.66. The summed E-state index contributed by atoms with van der Waals surface area (Å²) in [5.41, 5.74) is 4.93. The second-order valence-electron chi connectivity index (χ2n) is 7.07. The first kappa shape index (κ1) is 20.0. The lowest BCUT2D eigenvalue weighted by Crippen LogP contribution is -2.14. The predicted molar refractivity (Wildman–Crippen MR) is 119 cm³/mol. The van der Waals surface area contributed by atoms with Crippen molar-refractivity contribution in [1.29, 1.82) is 0 Å². The van der Waals surface area contributed by atoms with E-state index in [0.717, 1.165) is 34.5 Å². The Morgan fingerprint density at radius 2 is 1.93 bits per heavy atom. The lowest BCUT2D eigenvalue weighted by atomic mass is 10.1. The SMILES string of the molecule is CCc1ccc(OC)c(S(=O)(=O)Nc2cccc(-c3cn4cccc(C)c4n3)c2)c1. The minimum atomic E-state index is -3.82. The number of imidazole rings is 1. The van der Waals surface area contributed by atoms with Crippen LogP contribution in [0.3, 0.4) is 0 Å². The van der Waals surface area contributed by atoms with E-state index in [1.54, 1.807) is 24.3 Å². The highest BCUT2D eigenvalue weighted by atomic mass is 32.2. The fraction of sp³-hybridized carbons (Fsp3) is 0.174. The van der Waals surface area contributed by atoms with Crippen LogP contribution in [-0.4, -0.2) is 24.9 Å². The number of ether oxygens (including phenoxy) is 1. The average Bonchev–Trinajstić information content (AvgIpc) is 3.19. The van der Waals surface area contributed by atoms with E-state index in [9.17, 15) is 8.42 Å². The van der Waals surface area contributed by atoms with Gasteiger partial charge >= 0.3 is 0 Å². The quantitative estimate of drug-likeness (QED) is 0.491. The van der Waals surface area contributed by atoms with E-state index in [2.05, 4.69) is 4.72 Å². The maximum Gasteiger partial charge on any atom is 0.265 e. The molecule has 7 heteroatoms. The highest BCUT2D eigenvalue weighted by Crippen LogP contribution is 2.29. The Hall–Kier alpha value is -3.32. The molecule has 30 heavy (non-hydrogen) atoms. The van der Waals surface area contributed by atoms with Crippen LogP contribution in [0.5, 0.6) is 5.75 Å². The molecule has 1 N–H and O–H groups in total. The summed E-state index contributed by atoms with van der Waals surface area (Å²) in [7, 11) is -2.36. The molecule has 0 radical (unpaired) electrons. The van der Waals surface area contributed by atoms with Gasteiger partial charge in [0.2, 0.25) is 0 Å².